The number of fused-ring (bicyclic) bond motifs is 3. The van der Waals surface area contributed by atoms with Crippen molar-refractivity contribution in [1.29, 1.82) is 0 Å². The number of aliphatic hydroxyl groups is 1. The number of hydrogen-bond acceptors (Lipinski definition) is 4. The van der Waals surface area contributed by atoms with Crippen molar-refractivity contribution in [1.82, 2.24) is 0 Å². The minimum atomic E-state index is -1.37. The van der Waals surface area contributed by atoms with Crippen LogP contribution < -0.4 is 4.74 Å². The zero-order valence-electron chi connectivity index (χ0n) is 13.5. The maximum atomic E-state index is 12.2. The minimum Gasteiger partial charge on any atom is -0.497 e. The first-order chi connectivity index (χ1) is 10.5. The molecule has 2 aliphatic rings. The van der Waals surface area contributed by atoms with Crippen molar-refractivity contribution in [2.45, 2.75) is 50.0 Å². The van der Waals surface area contributed by atoms with Crippen molar-refractivity contribution < 1.29 is 19.4 Å². The molecular formula is C18H24O4. The summed E-state index contributed by atoms with van der Waals surface area (Å²) < 4.78 is 10.3. The molecule has 1 saturated carbocycles. The molecule has 4 heteroatoms. The third-order valence-electron chi connectivity index (χ3n) is 5.77. The van der Waals surface area contributed by atoms with Gasteiger partial charge >= 0.3 is 5.97 Å². The Bertz CT molecular complexity index is 597. The Kier molecular flexibility index (Phi) is 3.68. The van der Waals surface area contributed by atoms with Gasteiger partial charge in [-0.2, -0.15) is 0 Å². The SMILES string of the molecule is COC(=O)[C@]1(O)CCC[C@]2(C)c3cc(OC)ccc3CC[C@@H]12. The quantitative estimate of drug-likeness (QED) is 0.853. The molecule has 120 valence electrons. The molecule has 0 unspecified atom stereocenters. The molecule has 2 aliphatic carbocycles. The number of carbonyl (C=O) groups excluding carboxylic acids is 1. The van der Waals surface area contributed by atoms with Gasteiger partial charge in [-0.05, 0) is 60.8 Å². The lowest BCUT2D eigenvalue weighted by Crippen LogP contribution is -2.58. The Balaban J connectivity index is 2.09. The van der Waals surface area contributed by atoms with Gasteiger partial charge in [-0.3, -0.25) is 0 Å². The summed E-state index contributed by atoms with van der Waals surface area (Å²) in [7, 11) is 3.02. The highest BCUT2D eigenvalue weighted by Crippen LogP contribution is 2.54. The summed E-state index contributed by atoms with van der Waals surface area (Å²) in [5.74, 6) is 0.225. The van der Waals surface area contributed by atoms with E-state index in [0.29, 0.717) is 6.42 Å². The predicted molar refractivity (Wildman–Crippen MR) is 83.0 cm³/mol. The molecule has 3 atom stereocenters. The highest BCUT2D eigenvalue weighted by atomic mass is 16.5. The van der Waals surface area contributed by atoms with Crippen LogP contribution in [0.15, 0.2) is 18.2 Å². The molecule has 0 radical (unpaired) electrons. The van der Waals surface area contributed by atoms with E-state index < -0.39 is 11.6 Å². The average Bonchev–Trinajstić information content (AvgIpc) is 2.53. The Morgan fingerprint density at radius 2 is 2.09 bits per heavy atom. The molecule has 1 N–H and O–H groups in total. The first kappa shape index (κ1) is 15.3. The van der Waals surface area contributed by atoms with Gasteiger partial charge in [-0.15, -0.1) is 0 Å². The summed E-state index contributed by atoms with van der Waals surface area (Å²) >= 11 is 0. The van der Waals surface area contributed by atoms with Crippen molar-refractivity contribution in [3.8, 4) is 5.75 Å². The lowest BCUT2D eigenvalue weighted by molar-refractivity contribution is -0.179. The largest absolute Gasteiger partial charge is 0.497 e. The van der Waals surface area contributed by atoms with E-state index >= 15 is 0 Å². The first-order valence-electron chi connectivity index (χ1n) is 7.94. The van der Waals surface area contributed by atoms with Gasteiger partial charge in [-0.1, -0.05) is 13.0 Å². The average molecular weight is 304 g/mol. The lowest BCUT2D eigenvalue weighted by atomic mass is 9.53. The smallest absolute Gasteiger partial charge is 0.338 e. The highest BCUT2D eigenvalue weighted by molar-refractivity contribution is 5.80. The van der Waals surface area contributed by atoms with E-state index in [2.05, 4.69) is 19.1 Å². The number of ether oxygens (including phenoxy) is 2. The summed E-state index contributed by atoms with van der Waals surface area (Å²) in [6.45, 7) is 2.17. The first-order valence-corrected chi connectivity index (χ1v) is 7.94. The predicted octanol–water partition coefficient (Wildman–Crippen LogP) is 2.60. The van der Waals surface area contributed by atoms with Crippen LogP contribution in [-0.2, 0) is 21.4 Å². The molecule has 0 aliphatic heterocycles. The summed E-state index contributed by atoms with van der Waals surface area (Å²) in [6.07, 6.45) is 3.95. The molecule has 0 spiro atoms. The lowest BCUT2D eigenvalue weighted by Gasteiger charge is -2.52. The highest BCUT2D eigenvalue weighted by Gasteiger charge is 2.57. The monoisotopic (exact) mass is 304 g/mol. The van der Waals surface area contributed by atoms with Crippen LogP contribution in [0.4, 0.5) is 0 Å². The van der Waals surface area contributed by atoms with Crippen LogP contribution in [0.1, 0.15) is 43.7 Å². The van der Waals surface area contributed by atoms with E-state index in [4.69, 9.17) is 9.47 Å². The number of methoxy groups -OCH3 is 2. The molecule has 0 amide bonds. The zero-order valence-corrected chi connectivity index (χ0v) is 13.5. The molecule has 1 aromatic carbocycles. The van der Waals surface area contributed by atoms with Crippen molar-refractivity contribution in [2.24, 2.45) is 5.92 Å². The normalized spacial score (nSPS) is 33.5. The molecule has 1 aromatic rings. The van der Waals surface area contributed by atoms with Gasteiger partial charge < -0.3 is 14.6 Å². The molecular weight excluding hydrogens is 280 g/mol. The number of hydrogen-bond donors (Lipinski definition) is 1. The Labute approximate surface area is 131 Å². The molecule has 0 aromatic heterocycles. The van der Waals surface area contributed by atoms with Crippen LogP contribution in [0.2, 0.25) is 0 Å². The molecule has 1 fully saturated rings. The van der Waals surface area contributed by atoms with E-state index in [0.717, 1.165) is 31.4 Å². The Hall–Kier alpha value is -1.55. The molecule has 4 nitrogen and oxygen atoms in total. The van der Waals surface area contributed by atoms with Crippen molar-refractivity contribution >= 4 is 5.97 Å². The maximum absolute atomic E-state index is 12.2. The van der Waals surface area contributed by atoms with Crippen LogP contribution in [0, 0.1) is 5.92 Å². The third kappa shape index (κ3) is 2.04. The fourth-order valence-corrected chi connectivity index (χ4v) is 4.63. The van der Waals surface area contributed by atoms with Gasteiger partial charge in [-0.25, -0.2) is 4.79 Å². The van der Waals surface area contributed by atoms with Gasteiger partial charge in [0.1, 0.15) is 5.75 Å². The molecule has 22 heavy (non-hydrogen) atoms. The molecule has 3 rings (SSSR count). The van der Waals surface area contributed by atoms with Gasteiger partial charge in [0.25, 0.3) is 0 Å². The van der Waals surface area contributed by atoms with Gasteiger partial charge in [0.2, 0.25) is 0 Å². The van der Waals surface area contributed by atoms with Crippen LogP contribution in [0.25, 0.3) is 0 Å². The second-order valence-electron chi connectivity index (χ2n) is 6.80. The Morgan fingerprint density at radius 3 is 2.77 bits per heavy atom. The van der Waals surface area contributed by atoms with E-state index in [-0.39, 0.29) is 11.3 Å². The molecule has 0 heterocycles. The van der Waals surface area contributed by atoms with Crippen LogP contribution in [0.5, 0.6) is 5.75 Å². The summed E-state index contributed by atoms with van der Waals surface area (Å²) in [6, 6.07) is 6.17. The molecule has 0 saturated heterocycles. The fraction of sp³-hybridized carbons (Fsp3) is 0.611. The van der Waals surface area contributed by atoms with E-state index in [1.807, 2.05) is 6.07 Å². The third-order valence-corrected chi connectivity index (χ3v) is 5.77. The molecule has 0 bridgehead atoms. The fourth-order valence-electron chi connectivity index (χ4n) is 4.63. The van der Waals surface area contributed by atoms with Crippen molar-refractivity contribution in [3.05, 3.63) is 29.3 Å². The summed E-state index contributed by atoms with van der Waals surface area (Å²) in [5, 5.41) is 11.0. The number of benzene rings is 1. The van der Waals surface area contributed by atoms with E-state index in [9.17, 15) is 9.90 Å². The second kappa shape index (κ2) is 5.27. The van der Waals surface area contributed by atoms with Gasteiger partial charge in [0.05, 0.1) is 14.2 Å². The van der Waals surface area contributed by atoms with Gasteiger partial charge in [0, 0.05) is 5.92 Å². The van der Waals surface area contributed by atoms with Crippen molar-refractivity contribution in [2.75, 3.05) is 14.2 Å². The summed E-state index contributed by atoms with van der Waals surface area (Å²) in [4.78, 5) is 12.2. The number of rotatable bonds is 2. The van der Waals surface area contributed by atoms with E-state index in [1.54, 1.807) is 7.11 Å². The Morgan fingerprint density at radius 1 is 1.32 bits per heavy atom. The zero-order chi connectivity index (χ0) is 16.0. The standard InChI is InChI=1S/C18H24O4/c1-17-9-4-10-18(20,16(19)22-3)15(17)8-6-12-5-7-13(21-2)11-14(12)17/h5,7,11,15,20H,4,6,8-10H2,1-3H3/t15-,17-,18+/m1/s1. The van der Waals surface area contributed by atoms with Crippen molar-refractivity contribution in [3.63, 3.8) is 0 Å². The second-order valence-corrected chi connectivity index (χ2v) is 6.80. The van der Waals surface area contributed by atoms with Crippen LogP contribution in [-0.4, -0.2) is 30.9 Å². The topological polar surface area (TPSA) is 55.8 Å². The minimum absolute atomic E-state index is 0.110. The number of esters is 1. The maximum Gasteiger partial charge on any atom is 0.338 e. The van der Waals surface area contributed by atoms with Crippen LogP contribution in [0.3, 0.4) is 0 Å². The van der Waals surface area contributed by atoms with Gasteiger partial charge in [0.15, 0.2) is 5.60 Å². The number of carbonyl (C=O) groups is 1. The summed E-state index contributed by atoms with van der Waals surface area (Å²) in [5.41, 5.74) is 0.921. The van der Waals surface area contributed by atoms with E-state index in [1.165, 1.54) is 18.2 Å². The van der Waals surface area contributed by atoms with Crippen LogP contribution >= 0.6 is 0 Å². The number of aryl methyl sites for hydroxylation is 1.